The molecule has 0 spiro atoms. The van der Waals surface area contributed by atoms with Crippen LogP contribution in [-0.2, 0) is 13.0 Å². The van der Waals surface area contributed by atoms with E-state index < -0.39 is 0 Å². The number of rotatable bonds is 7. The number of ether oxygens (including phenoxy) is 1. The van der Waals surface area contributed by atoms with Crippen LogP contribution in [0.4, 0.5) is 0 Å². The standard InChI is InChI=1S/C23H22N2O.ClH/c1-3-10-19(11-4-1)18-23-24-21-14-7-8-15-22(21)25(23)16-9-17-26-20-12-5-2-6-13-20;/h1-8,10-15H,9,16-18H2;1H. The lowest BCUT2D eigenvalue weighted by Gasteiger charge is -2.10. The quantitative estimate of drug-likeness (QED) is 0.396. The molecule has 0 amide bonds. The van der Waals surface area contributed by atoms with Crippen LogP contribution >= 0.6 is 12.4 Å². The maximum atomic E-state index is 5.84. The molecule has 0 N–H and O–H groups in total. The van der Waals surface area contributed by atoms with Gasteiger partial charge in [-0.2, -0.15) is 0 Å². The van der Waals surface area contributed by atoms with Crippen molar-refractivity contribution in [2.24, 2.45) is 0 Å². The minimum absolute atomic E-state index is 0. The predicted octanol–water partition coefficient (Wildman–Crippen LogP) is 5.52. The average molecular weight is 379 g/mol. The van der Waals surface area contributed by atoms with Crippen LogP contribution in [0, 0.1) is 0 Å². The number of imidazole rings is 1. The Bertz CT molecular complexity index is 968. The first-order valence-electron chi connectivity index (χ1n) is 9.06. The van der Waals surface area contributed by atoms with Crippen molar-refractivity contribution >= 4 is 23.4 Å². The second-order valence-corrected chi connectivity index (χ2v) is 6.35. The highest BCUT2D eigenvalue weighted by Gasteiger charge is 2.10. The highest BCUT2D eigenvalue weighted by atomic mass is 35.5. The van der Waals surface area contributed by atoms with Gasteiger partial charge in [-0.25, -0.2) is 4.98 Å². The first-order valence-corrected chi connectivity index (χ1v) is 9.06. The molecule has 0 bridgehead atoms. The van der Waals surface area contributed by atoms with Crippen LogP contribution in [0.25, 0.3) is 11.0 Å². The molecule has 0 unspecified atom stereocenters. The molecule has 0 fully saturated rings. The van der Waals surface area contributed by atoms with Crippen molar-refractivity contribution in [2.75, 3.05) is 6.61 Å². The van der Waals surface area contributed by atoms with Crippen molar-refractivity contribution in [3.8, 4) is 5.75 Å². The SMILES string of the molecule is Cl.c1ccc(Cc2nc3ccccc3n2CCCOc2ccccc2)cc1. The Morgan fingerprint density at radius 1 is 0.778 bits per heavy atom. The van der Waals surface area contributed by atoms with E-state index in [-0.39, 0.29) is 12.4 Å². The van der Waals surface area contributed by atoms with Gasteiger partial charge in [0.15, 0.2) is 0 Å². The minimum atomic E-state index is 0. The third kappa shape index (κ3) is 4.69. The lowest BCUT2D eigenvalue weighted by atomic mass is 10.1. The maximum absolute atomic E-state index is 5.84. The molecule has 3 aromatic carbocycles. The molecule has 138 valence electrons. The van der Waals surface area contributed by atoms with Gasteiger partial charge in [-0.3, -0.25) is 0 Å². The summed E-state index contributed by atoms with van der Waals surface area (Å²) in [6, 6.07) is 28.9. The molecule has 4 heteroatoms. The molecule has 0 aliphatic heterocycles. The average Bonchev–Trinajstić information content (AvgIpc) is 3.04. The van der Waals surface area contributed by atoms with E-state index in [4.69, 9.17) is 9.72 Å². The summed E-state index contributed by atoms with van der Waals surface area (Å²) in [5.41, 5.74) is 3.53. The summed E-state index contributed by atoms with van der Waals surface area (Å²) in [5.74, 6) is 2.03. The van der Waals surface area contributed by atoms with Gasteiger partial charge in [-0.15, -0.1) is 12.4 Å². The van der Waals surface area contributed by atoms with Gasteiger partial charge >= 0.3 is 0 Å². The Morgan fingerprint density at radius 2 is 1.44 bits per heavy atom. The molecule has 0 saturated heterocycles. The molecule has 0 radical (unpaired) electrons. The Labute approximate surface area is 166 Å². The fourth-order valence-electron chi connectivity index (χ4n) is 3.22. The molecule has 1 aromatic heterocycles. The van der Waals surface area contributed by atoms with E-state index in [9.17, 15) is 0 Å². The number of benzene rings is 3. The zero-order chi connectivity index (χ0) is 17.6. The normalized spacial score (nSPS) is 10.5. The lowest BCUT2D eigenvalue weighted by molar-refractivity contribution is 0.302. The van der Waals surface area contributed by atoms with Gasteiger partial charge in [0.05, 0.1) is 17.6 Å². The number of hydrogen-bond acceptors (Lipinski definition) is 2. The van der Waals surface area contributed by atoms with Crippen molar-refractivity contribution < 1.29 is 4.74 Å². The molecule has 0 aliphatic carbocycles. The van der Waals surface area contributed by atoms with Gasteiger partial charge in [0.1, 0.15) is 11.6 Å². The van der Waals surface area contributed by atoms with Crippen molar-refractivity contribution in [1.82, 2.24) is 9.55 Å². The van der Waals surface area contributed by atoms with Crippen LogP contribution in [-0.4, -0.2) is 16.2 Å². The smallest absolute Gasteiger partial charge is 0.119 e. The Kier molecular flexibility index (Phi) is 6.50. The molecule has 0 saturated carbocycles. The molecule has 4 rings (SSSR count). The van der Waals surface area contributed by atoms with Gasteiger partial charge in [-0.1, -0.05) is 60.7 Å². The molecule has 1 heterocycles. The fourth-order valence-corrected chi connectivity index (χ4v) is 3.22. The largest absolute Gasteiger partial charge is 0.494 e. The van der Waals surface area contributed by atoms with E-state index in [0.717, 1.165) is 36.5 Å². The molecule has 3 nitrogen and oxygen atoms in total. The predicted molar refractivity (Wildman–Crippen MR) is 113 cm³/mol. The Hall–Kier alpha value is -2.78. The van der Waals surface area contributed by atoms with Crippen LogP contribution in [0.3, 0.4) is 0 Å². The zero-order valence-electron chi connectivity index (χ0n) is 15.1. The third-order valence-electron chi connectivity index (χ3n) is 4.48. The molecule has 0 atom stereocenters. The number of fused-ring (bicyclic) bond motifs is 1. The van der Waals surface area contributed by atoms with Crippen LogP contribution in [0.2, 0.25) is 0 Å². The van der Waals surface area contributed by atoms with E-state index in [0.29, 0.717) is 6.61 Å². The van der Waals surface area contributed by atoms with Crippen LogP contribution < -0.4 is 4.74 Å². The van der Waals surface area contributed by atoms with Gasteiger partial charge in [0.2, 0.25) is 0 Å². The van der Waals surface area contributed by atoms with Gasteiger partial charge in [0, 0.05) is 13.0 Å². The van der Waals surface area contributed by atoms with Crippen molar-refractivity contribution in [3.05, 3.63) is 96.3 Å². The van der Waals surface area contributed by atoms with Gasteiger partial charge in [0.25, 0.3) is 0 Å². The van der Waals surface area contributed by atoms with Crippen molar-refractivity contribution in [1.29, 1.82) is 0 Å². The summed E-state index contributed by atoms with van der Waals surface area (Å²) < 4.78 is 8.17. The number of aryl methyl sites for hydroxylation is 1. The summed E-state index contributed by atoms with van der Waals surface area (Å²) in [4.78, 5) is 4.87. The highest BCUT2D eigenvalue weighted by molar-refractivity contribution is 5.85. The first-order chi connectivity index (χ1) is 12.9. The van der Waals surface area contributed by atoms with E-state index in [2.05, 4.69) is 47.0 Å². The van der Waals surface area contributed by atoms with Gasteiger partial charge < -0.3 is 9.30 Å². The topological polar surface area (TPSA) is 27.1 Å². The minimum Gasteiger partial charge on any atom is -0.494 e. The van der Waals surface area contributed by atoms with E-state index in [1.54, 1.807) is 0 Å². The summed E-state index contributed by atoms with van der Waals surface area (Å²) in [7, 11) is 0. The van der Waals surface area contributed by atoms with E-state index in [1.807, 2.05) is 42.5 Å². The van der Waals surface area contributed by atoms with Crippen LogP contribution in [0.1, 0.15) is 17.8 Å². The van der Waals surface area contributed by atoms with E-state index >= 15 is 0 Å². The molecule has 4 aromatic rings. The van der Waals surface area contributed by atoms with Crippen LogP contribution in [0.15, 0.2) is 84.9 Å². The molecular weight excluding hydrogens is 356 g/mol. The molecule has 0 aliphatic rings. The summed E-state index contributed by atoms with van der Waals surface area (Å²) in [6.45, 7) is 1.59. The summed E-state index contributed by atoms with van der Waals surface area (Å²) in [5, 5.41) is 0. The van der Waals surface area contributed by atoms with Crippen LogP contribution in [0.5, 0.6) is 5.75 Å². The Morgan fingerprint density at radius 3 is 2.22 bits per heavy atom. The summed E-state index contributed by atoms with van der Waals surface area (Å²) in [6.07, 6.45) is 1.78. The first kappa shape index (κ1) is 19.0. The lowest BCUT2D eigenvalue weighted by Crippen LogP contribution is -2.08. The van der Waals surface area contributed by atoms with Crippen molar-refractivity contribution in [2.45, 2.75) is 19.4 Å². The third-order valence-corrected chi connectivity index (χ3v) is 4.48. The second-order valence-electron chi connectivity index (χ2n) is 6.35. The highest BCUT2D eigenvalue weighted by Crippen LogP contribution is 2.19. The molecular formula is C23H23ClN2O. The monoisotopic (exact) mass is 378 g/mol. The number of aromatic nitrogens is 2. The summed E-state index contributed by atoms with van der Waals surface area (Å²) >= 11 is 0. The number of nitrogens with zero attached hydrogens (tertiary/aromatic N) is 2. The number of hydrogen-bond donors (Lipinski definition) is 0. The zero-order valence-corrected chi connectivity index (χ0v) is 15.9. The fraction of sp³-hybridized carbons (Fsp3) is 0.174. The Balaban J connectivity index is 0.00000210. The molecule has 27 heavy (non-hydrogen) atoms. The van der Waals surface area contributed by atoms with Gasteiger partial charge in [-0.05, 0) is 36.2 Å². The second kappa shape index (κ2) is 9.24. The maximum Gasteiger partial charge on any atom is 0.119 e. The number of para-hydroxylation sites is 3. The van der Waals surface area contributed by atoms with E-state index in [1.165, 1.54) is 11.1 Å². The number of halogens is 1. The van der Waals surface area contributed by atoms with Crippen molar-refractivity contribution in [3.63, 3.8) is 0 Å².